The van der Waals surface area contributed by atoms with Crippen LogP contribution in [-0.2, 0) is 0 Å². The SMILES string of the molecule is CCN1CCCC(N[C@H](C)c2ccc(C)cc2)CC1. The van der Waals surface area contributed by atoms with Crippen molar-refractivity contribution in [3.05, 3.63) is 35.4 Å². The molecular weight excluding hydrogens is 232 g/mol. The molecule has 2 rings (SSSR count). The molecule has 1 aromatic carbocycles. The predicted octanol–water partition coefficient (Wildman–Crippen LogP) is 3.52. The zero-order valence-corrected chi connectivity index (χ0v) is 12.7. The van der Waals surface area contributed by atoms with E-state index in [2.05, 4.69) is 55.3 Å². The molecule has 0 aliphatic carbocycles. The number of benzene rings is 1. The van der Waals surface area contributed by atoms with Gasteiger partial charge in [0.05, 0.1) is 0 Å². The number of nitrogens with one attached hydrogen (secondary N) is 1. The molecule has 2 nitrogen and oxygen atoms in total. The van der Waals surface area contributed by atoms with E-state index < -0.39 is 0 Å². The minimum absolute atomic E-state index is 0.457. The highest BCUT2D eigenvalue weighted by Crippen LogP contribution is 2.18. The Morgan fingerprint density at radius 2 is 1.95 bits per heavy atom. The molecule has 1 unspecified atom stereocenters. The van der Waals surface area contributed by atoms with E-state index in [0.717, 1.165) is 0 Å². The molecule has 1 heterocycles. The molecule has 0 bridgehead atoms. The van der Waals surface area contributed by atoms with E-state index in [-0.39, 0.29) is 0 Å². The summed E-state index contributed by atoms with van der Waals surface area (Å²) in [5.41, 5.74) is 2.74. The summed E-state index contributed by atoms with van der Waals surface area (Å²) in [6, 6.07) is 10.1. The molecule has 19 heavy (non-hydrogen) atoms. The number of hydrogen-bond donors (Lipinski definition) is 1. The third-order valence-electron chi connectivity index (χ3n) is 4.33. The third kappa shape index (κ3) is 4.32. The highest BCUT2D eigenvalue weighted by molar-refractivity contribution is 5.23. The predicted molar refractivity (Wildman–Crippen MR) is 82.5 cm³/mol. The van der Waals surface area contributed by atoms with Gasteiger partial charge in [-0.1, -0.05) is 36.8 Å². The van der Waals surface area contributed by atoms with Gasteiger partial charge in [-0.2, -0.15) is 0 Å². The van der Waals surface area contributed by atoms with Crippen LogP contribution in [0.3, 0.4) is 0 Å². The van der Waals surface area contributed by atoms with Crippen LogP contribution in [0.1, 0.15) is 50.3 Å². The van der Waals surface area contributed by atoms with Crippen LogP contribution in [0.15, 0.2) is 24.3 Å². The molecule has 1 saturated heterocycles. The molecule has 2 atom stereocenters. The summed E-state index contributed by atoms with van der Waals surface area (Å²) < 4.78 is 0. The zero-order valence-electron chi connectivity index (χ0n) is 12.7. The van der Waals surface area contributed by atoms with E-state index in [1.807, 2.05) is 0 Å². The Labute approximate surface area is 118 Å². The Kier molecular flexibility index (Phi) is 5.41. The maximum absolute atomic E-state index is 3.81. The lowest BCUT2D eigenvalue weighted by Gasteiger charge is -2.23. The Morgan fingerprint density at radius 3 is 2.63 bits per heavy atom. The van der Waals surface area contributed by atoms with Crippen molar-refractivity contribution in [3.8, 4) is 0 Å². The maximum atomic E-state index is 3.81. The summed E-state index contributed by atoms with van der Waals surface area (Å²) in [6.45, 7) is 10.4. The van der Waals surface area contributed by atoms with E-state index in [1.54, 1.807) is 0 Å². The standard InChI is InChI=1S/C17H28N2/c1-4-19-12-5-6-17(11-13-19)18-15(3)16-9-7-14(2)8-10-16/h7-10,15,17-18H,4-6,11-13H2,1-3H3/t15-,17?/m1/s1. The number of likely N-dealkylation sites (tertiary alicyclic amines) is 1. The van der Waals surface area contributed by atoms with E-state index >= 15 is 0 Å². The number of aryl methyl sites for hydroxylation is 1. The second-order valence-corrected chi connectivity index (χ2v) is 5.86. The second-order valence-electron chi connectivity index (χ2n) is 5.86. The molecule has 1 aromatic rings. The lowest BCUT2D eigenvalue weighted by atomic mass is 10.0. The number of hydrogen-bond acceptors (Lipinski definition) is 2. The molecule has 1 N–H and O–H groups in total. The largest absolute Gasteiger partial charge is 0.307 e. The molecule has 0 spiro atoms. The Balaban J connectivity index is 1.88. The Morgan fingerprint density at radius 1 is 1.21 bits per heavy atom. The monoisotopic (exact) mass is 260 g/mol. The fourth-order valence-corrected chi connectivity index (χ4v) is 2.94. The van der Waals surface area contributed by atoms with Gasteiger partial charge in [-0.15, -0.1) is 0 Å². The van der Waals surface area contributed by atoms with Gasteiger partial charge >= 0.3 is 0 Å². The fraction of sp³-hybridized carbons (Fsp3) is 0.647. The van der Waals surface area contributed by atoms with E-state index in [0.29, 0.717) is 12.1 Å². The van der Waals surface area contributed by atoms with Crippen LogP contribution in [0.25, 0.3) is 0 Å². The van der Waals surface area contributed by atoms with Crippen molar-refractivity contribution >= 4 is 0 Å². The number of rotatable bonds is 4. The van der Waals surface area contributed by atoms with Crippen LogP contribution < -0.4 is 5.32 Å². The van der Waals surface area contributed by atoms with Crippen molar-refractivity contribution in [1.29, 1.82) is 0 Å². The van der Waals surface area contributed by atoms with Crippen LogP contribution in [0, 0.1) is 6.92 Å². The van der Waals surface area contributed by atoms with Crippen LogP contribution in [-0.4, -0.2) is 30.6 Å². The molecule has 0 radical (unpaired) electrons. The van der Waals surface area contributed by atoms with Crippen molar-refractivity contribution in [3.63, 3.8) is 0 Å². The van der Waals surface area contributed by atoms with Gasteiger partial charge in [0, 0.05) is 12.1 Å². The lowest BCUT2D eigenvalue weighted by Crippen LogP contribution is -2.32. The van der Waals surface area contributed by atoms with Crippen molar-refractivity contribution in [2.24, 2.45) is 0 Å². The molecule has 1 aliphatic rings. The Hall–Kier alpha value is -0.860. The second kappa shape index (κ2) is 7.06. The summed E-state index contributed by atoms with van der Waals surface area (Å²) >= 11 is 0. The molecule has 2 heteroatoms. The van der Waals surface area contributed by atoms with E-state index in [1.165, 1.54) is 50.0 Å². The quantitative estimate of drug-likeness (QED) is 0.891. The van der Waals surface area contributed by atoms with Crippen LogP contribution in [0.5, 0.6) is 0 Å². The first-order chi connectivity index (χ1) is 9.19. The van der Waals surface area contributed by atoms with Crippen molar-refractivity contribution in [2.45, 2.75) is 52.1 Å². The molecular formula is C17H28N2. The Bertz CT molecular complexity index is 371. The first kappa shape index (κ1) is 14.5. The maximum Gasteiger partial charge on any atom is 0.0294 e. The normalized spacial score (nSPS) is 23.0. The van der Waals surface area contributed by atoms with E-state index in [9.17, 15) is 0 Å². The molecule has 0 aromatic heterocycles. The van der Waals surface area contributed by atoms with Crippen molar-refractivity contribution < 1.29 is 0 Å². The smallest absolute Gasteiger partial charge is 0.0294 e. The van der Waals surface area contributed by atoms with Crippen LogP contribution in [0.4, 0.5) is 0 Å². The number of nitrogens with zero attached hydrogens (tertiary/aromatic N) is 1. The van der Waals surface area contributed by atoms with Crippen molar-refractivity contribution in [2.75, 3.05) is 19.6 Å². The van der Waals surface area contributed by atoms with Gasteiger partial charge in [0.2, 0.25) is 0 Å². The summed E-state index contributed by atoms with van der Waals surface area (Å²) in [5.74, 6) is 0. The van der Waals surface area contributed by atoms with Gasteiger partial charge in [0.25, 0.3) is 0 Å². The summed E-state index contributed by atoms with van der Waals surface area (Å²) in [6.07, 6.45) is 3.92. The molecule has 106 valence electrons. The molecule has 0 saturated carbocycles. The van der Waals surface area contributed by atoms with Gasteiger partial charge in [0.15, 0.2) is 0 Å². The van der Waals surface area contributed by atoms with E-state index in [4.69, 9.17) is 0 Å². The topological polar surface area (TPSA) is 15.3 Å². The van der Waals surface area contributed by atoms with Crippen LogP contribution in [0.2, 0.25) is 0 Å². The average Bonchev–Trinajstić information content (AvgIpc) is 2.64. The van der Waals surface area contributed by atoms with Gasteiger partial charge in [0.1, 0.15) is 0 Å². The average molecular weight is 260 g/mol. The molecule has 1 fully saturated rings. The van der Waals surface area contributed by atoms with Gasteiger partial charge < -0.3 is 10.2 Å². The summed E-state index contributed by atoms with van der Waals surface area (Å²) in [5, 5.41) is 3.81. The van der Waals surface area contributed by atoms with Gasteiger partial charge in [-0.3, -0.25) is 0 Å². The summed E-state index contributed by atoms with van der Waals surface area (Å²) in [4.78, 5) is 2.57. The first-order valence-electron chi connectivity index (χ1n) is 7.74. The molecule has 1 aliphatic heterocycles. The fourth-order valence-electron chi connectivity index (χ4n) is 2.94. The van der Waals surface area contributed by atoms with Crippen molar-refractivity contribution in [1.82, 2.24) is 10.2 Å². The van der Waals surface area contributed by atoms with Gasteiger partial charge in [-0.25, -0.2) is 0 Å². The first-order valence-corrected chi connectivity index (χ1v) is 7.74. The highest BCUT2D eigenvalue weighted by atomic mass is 15.1. The highest BCUT2D eigenvalue weighted by Gasteiger charge is 2.17. The lowest BCUT2D eigenvalue weighted by molar-refractivity contribution is 0.295. The van der Waals surface area contributed by atoms with Crippen LogP contribution >= 0.6 is 0 Å². The molecule has 0 amide bonds. The van der Waals surface area contributed by atoms with Gasteiger partial charge in [-0.05, 0) is 58.3 Å². The third-order valence-corrected chi connectivity index (χ3v) is 4.33. The zero-order chi connectivity index (χ0) is 13.7. The minimum atomic E-state index is 0.457. The minimum Gasteiger partial charge on any atom is -0.307 e. The summed E-state index contributed by atoms with van der Waals surface area (Å²) in [7, 11) is 0.